The highest BCUT2D eigenvalue weighted by Gasteiger charge is 2.32. The standard InChI is InChI=1S/C21H16N2O4/c24-18-13-26-20(23-15-7-2-1-3-8-15)19(18)21(25)27-12-16-11-10-14-6-4-5-9-17(14)22-16/h1-11,23H,12-13H2. The summed E-state index contributed by atoms with van der Waals surface area (Å²) in [6.45, 7) is -0.215. The van der Waals surface area contributed by atoms with Crippen molar-refractivity contribution in [3.63, 3.8) is 0 Å². The van der Waals surface area contributed by atoms with E-state index in [9.17, 15) is 9.59 Å². The number of ketones is 1. The van der Waals surface area contributed by atoms with Crippen LogP contribution < -0.4 is 5.32 Å². The number of anilines is 1. The van der Waals surface area contributed by atoms with E-state index in [1.54, 1.807) is 18.2 Å². The number of ether oxygens (including phenoxy) is 2. The van der Waals surface area contributed by atoms with Crippen LogP contribution in [0.2, 0.25) is 0 Å². The number of benzene rings is 2. The molecule has 1 aromatic heterocycles. The fourth-order valence-corrected chi connectivity index (χ4v) is 2.77. The Bertz CT molecular complexity index is 1040. The quantitative estimate of drug-likeness (QED) is 0.556. The van der Waals surface area contributed by atoms with Gasteiger partial charge in [-0.1, -0.05) is 42.5 Å². The summed E-state index contributed by atoms with van der Waals surface area (Å²) in [6.07, 6.45) is 0. The van der Waals surface area contributed by atoms with E-state index in [0.717, 1.165) is 10.9 Å². The molecule has 27 heavy (non-hydrogen) atoms. The topological polar surface area (TPSA) is 77.5 Å². The first-order valence-electron chi connectivity index (χ1n) is 8.45. The summed E-state index contributed by atoms with van der Waals surface area (Å²) >= 11 is 0. The van der Waals surface area contributed by atoms with Crippen LogP contribution >= 0.6 is 0 Å². The van der Waals surface area contributed by atoms with Gasteiger partial charge in [-0.15, -0.1) is 0 Å². The molecule has 3 aromatic rings. The number of esters is 1. The number of hydrogen-bond donors (Lipinski definition) is 1. The van der Waals surface area contributed by atoms with Gasteiger partial charge in [0.25, 0.3) is 0 Å². The molecular weight excluding hydrogens is 344 g/mol. The van der Waals surface area contributed by atoms with Gasteiger partial charge in [0.15, 0.2) is 12.2 Å². The Hall–Kier alpha value is -3.67. The molecule has 1 aliphatic rings. The SMILES string of the molecule is O=C1COC(Nc2ccccc2)=C1C(=O)OCc1ccc2ccccc2n1. The molecule has 2 heterocycles. The molecular formula is C21H16N2O4. The van der Waals surface area contributed by atoms with Crippen molar-refractivity contribution < 1.29 is 19.1 Å². The number of pyridine rings is 1. The number of nitrogens with one attached hydrogen (secondary N) is 1. The third-order valence-electron chi connectivity index (χ3n) is 4.10. The van der Waals surface area contributed by atoms with Crippen LogP contribution in [-0.2, 0) is 25.7 Å². The van der Waals surface area contributed by atoms with Crippen LogP contribution in [0.15, 0.2) is 78.2 Å². The van der Waals surface area contributed by atoms with Crippen LogP contribution in [0.5, 0.6) is 0 Å². The average Bonchev–Trinajstić information content (AvgIpc) is 3.07. The first kappa shape index (κ1) is 16.8. The van der Waals surface area contributed by atoms with Gasteiger partial charge in [-0.25, -0.2) is 9.78 Å². The van der Waals surface area contributed by atoms with Crippen molar-refractivity contribution in [2.45, 2.75) is 6.61 Å². The number of carbonyl (C=O) groups is 2. The van der Waals surface area contributed by atoms with Crippen molar-refractivity contribution in [2.24, 2.45) is 0 Å². The lowest BCUT2D eigenvalue weighted by Gasteiger charge is -2.09. The van der Waals surface area contributed by atoms with Crippen molar-refractivity contribution in [2.75, 3.05) is 11.9 Å². The highest BCUT2D eigenvalue weighted by atomic mass is 16.5. The highest BCUT2D eigenvalue weighted by molar-refractivity contribution is 6.19. The Morgan fingerprint density at radius 2 is 1.81 bits per heavy atom. The van der Waals surface area contributed by atoms with Crippen molar-refractivity contribution in [3.05, 3.63) is 83.9 Å². The maximum Gasteiger partial charge on any atom is 0.347 e. The molecule has 4 rings (SSSR count). The first-order valence-corrected chi connectivity index (χ1v) is 8.45. The van der Waals surface area contributed by atoms with Gasteiger partial charge < -0.3 is 14.8 Å². The molecule has 6 heteroatoms. The van der Waals surface area contributed by atoms with E-state index < -0.39 is 11.8 Å². The Kier molecular flexibility index (Phi) is 4.53. The van der Waals surface area contributed by atoms with Crippen molar-refractivity contribution >= 4 is 28.3 Å². The maximum atomic E-state index is 12.4. The van der Waals surface area contributed by atoms with Crippen LogP contribution in [0.4, 0.5) is 5.69 Å². The van der Waals surface area contributed by atoms with Crippen LogP contribution in [-0.4, -0.2) is 23.3 Å². The minimum atomic E-state index is -0.731. The zero-order chi connectivity index (χ0) is 18.6. The Balaban J connectivity index is 1.49. The minimum absolute atomic E-state index is 0.0287. The summed E-state index contributed by atoms with van der Waals surface area (Å²) in [6, 6.07) is 20.5. The second-order valence-corrected chi connectivity index (χ2v) is 5.98. The van der Waals surface area contributed by atoms with Crippen molar-refractivity contribution in [1.82, 2.24) is 4.98 Å². The second-order valence-electron chi connectivity index (χ2n) is 5.98. The largest absolute Gasteiger partial charge is 0.470 e. The average molecular weight is 360 g/mol. The Labute approximate surface area is 155 Å². The molecule has 0 aliphatic carbocycles. The van der Waals surface area contributed by atoms with E-state index in [1.807, 2.05) is 48.5 Å². The maximum absolute atomic E-state index is 12.4. The van der Waals surface area contributed by atoms with Gasteiger partial charge in [0.1, 0.15) is 6.61 Å². The van der Waals surface area contributed by atoms with E-state index >= 15 is 0 Å². The van der Waals surface area contributed by atoms with E-state index in [0.29, 0.717) is 11.4 Å². The van der Waals surface area contributed by atoms with E-state index in [4.69, 9.17) is 9.47 Å². The number of aromatic nitrogens is 1. The van der Waals surface area contributed by atoms with Gasteiger partial charge in [0, 0.05) is 11.1 Å². The van der Waals surface area contributed by atoms with E-state index in [-0.39, 0.29) is 24.7 Å². The molecule has 6 nitrogen and oxygen atoms in total. The summed E-state index contributed by atoms with van der Waals surface area (Å²) < 4.78 is 10.6. The van der Waals surface area contributed by atoms with Gasteiger partial charge in [0.2, 0.25) is 11.7 Å². The summed E-state index contributed by atoms with van der Waals surface area (Å²) in [4.78, 5) is 29.0. The predicted molar refractivity (Wildman–Crippen MR) is 99.6 cm³/mol. The first-order chi connectivity index (χ1) is 13.2. The summed E-state index contributed by atoms with van der Waals surface area (Å²) in [7, 11) is 0. The van der Waals surface area contributed by atoms with Crippen molar-refractivity contribution in [3.8, 4) is 0 Å². The predicted octanol–water partition coefficient (Wildman–Crippen LogP) is 3.20. The molecule has 2 aromatic carbocycles. The normalized spacial score (nSPS) is 13.6. The summed E-state index contributed by atoms with van der Waals surface area (Å²) in [5.74, 6) is -1.03. The number of fused-ring (bicyclic) bond motifs is 1. The summed E-state index contributed by atoms with van der Waals surface area (Å²) in [5.41, 5.74) is 2.02. The van der Waals surface area contributed by atoms with Gasteiger partial charge in [-0.05, 0) is 24.3 Å². The van der Waals surface area contributed by atoms with Gasteiger partial charge in [-0.2, -0.15) is 0 Å². The lowest BCUT2D eigenvalue weighted by atomic mass is 10.2. The Morgan fingerprint density at radius 1 is 1.04 bits per heavy atom. The lowest BCUT2D eigenvalue weighted by Crippen LogP contribution is -2.16. The van der Waals surface area contributed by atoms with Crippen molar-refractivity contribution in [1.29, 1.82) is 0 Å². The molecule has 0 atom stereocenters. The third kappa shape index (κ3) is 3.64. The number of Topliss-reactive ketones (excluding diaryl/α,β-unsaturated/α-hetero) is 1. The van der Waals surface area contributed by atoms with Crippen LogP contribution in [0.1, 0.15) is 5.69 Å². The molecule has 0 saturated carbocycles. The lowest BCUT2D eigenvalue weighted by molar-refractivity contribution is -0.141. The molecule has 0 bridgehead atoms. The molecule has 1 N–H and O–H groups in total. The molecule has 0 spiro atoms. The monoisotopic (exact) mass is 360 g/mol. The number of nitrogens with zero attached hydrogens (tertiary/aromatic N) is 1. The molecule has 0 radical (unpaired) electrons. The van der Waals surface area contributed by atoms with Crippen LogP contribution in [0.3, 0.4) is 0 Å². The van der Waals surface area contributed by atoms with Crippen LogP contribution in [0.25, 0.3) is 10.9 Å². The molecule has 0 unspecified atom stereocenters. The van der Waals surface area contributed by atoms with E-state index in [1.165, 1.54) is 0 Å². The van der Waals surface area contributed by atoms with Gasteiger partial charge in [-0.3, -0.25) is 4.79 Å². The van der Waals surface area contributed by atoms with Crippen LogP contribution in [0, 0.1) is 0 Å². The number of rotatable bonds is 5. The minimum Gasteiger partial charge on any atom is -0.470 e. The molecule has 1 aliphatic heterocycles. The van der Waals surface area contributed by atoms with Gasteiger partial charge in [0.05, 0.1) is 11.2 Å². The zero-order valence-corrected chi connectivity index (χ0v) is 14.3. The highest BCUT2D eigenvalue weighted by Crippen LogP contribution is 2.21. The smallest absolute Gasteiger partial charge is 0.347 e. The van der Waals surface area contributed by atoms with Gasteiger partial charge >= 0.3 is 5.97 Å². The molecule has 0 fully saturated rings. The summed E-state index contributed by atoms with van der Waals surface area (Å²) in [5, 5.41) is 3.95. The second kappa shape index (κ2) is 7.29. The molecule has 0 saturated heterocycles. The number of hydrogen-bond acceptors (Lipinski definition) is 6. The van der Waals surface area contributed by atoms with E-state index in [2.05, 4.69) is 10.3 Å². The number of para-hydroxylation sites is 2. The fourth-order valence-electron chi connectivity index (χ4n) is 2.77. The molecule has 0 amide bonds. The Morgan fingerprint density at radius 3 is 2.67 bits per heavy atom. The zero-order valence-electron chi connectivity index (χ0n) is 14.3. The third-order valence-corrected chi connectivity index (χ3v) is 4.10. The fraction of sp³-hybridized carbons (Fsp3) is 0.0952. The molecule has 134 valence electrons. The number of carbonyl (C=O) groups excluding carboxylic acids is 2.